The van der Waals surface area contributed by atoms with Gasteiger partial charge in [-0.1, -0.05) is 0 Å². The number of ether oxygens (including phenoxy) is 2. The van der Waals surface area contributed by atoms with Crippen LogP contribution in [0.4, 0.5) is 5.69 Å². The lowest BCUT2D eigenvalue weighted by Crippen LogP contribution is -2.27. The summed E-state index contributed by atoms with van der Waals surface area (Å²) in [5.41, 5.74) is 1.35. The molecule has 1 aromatic heterocycles. The van der Waals surface area contributed by atoms with E-state index in [9.17, 15) is 13.2 Å². The lowest BCUT2D eigenvalue weighted by molar-refractivity contribution is 0.102. The fraction of sp³-hybridized carbons (Fsp3) is 0.273. The summed E-state index contributed by atoms with van der Waals surface area (Å²) in [6.07, 6.45) is 4.85. The summed E-state index contributed by atoms with van der Waals surface area (Å²) in [6.45, 7) is 1.12. The van der Waals surface area contributed by atoms with E-state index in [0.717, 1.165) is 12.8 Å². The molecule has 9 nitrogen and oxygen atoms in total. The molecule has 32 heavy (non-hydrogen) atoms. The smallest absolute Gasteiger partial charge is 0.275 e. The fourth-order valence-corrected chi connectivity index (χ4v) is 5.06. The Morgan fingerprint density at radius 3 is 2.41 bits per heavy atom. The number of imidazole rings is 1. The van der Waals surface area contributed by atoms with Gasteiger partial charge in [0, 0.05) is 31.0 Å². The van der Waals surface area contributed by atoms with Crippen LogP contribution < -0.4 is 14.8 Å². The predicted octanol–water partition coefficient (Wildman–Crippen LogP) is 2.93. The van der Waals surface area contributed by atoms with Crippen molar-refractivity contribution in [2.45, 2.75) is 17.7 Å². The molecule has 2 aromatic carbocycles. The van der Waals surface area contributed by atoms with E-state index in [-0.39, 0.29) is 10.6 Å². The molecule has 0 saturated carbocycles. The average molecular weight is 457 g/mol. The van der Waals surface area contributed by atoms with Gasteiger partial charge in [0.15, 0.2) is 0 Å². The summed E-state index contributed by atoms with van der Waals surface area (Å²) in [6, 6.07) is 11.6. The van der Waals surface area contributed by atoms with Crippen LogP contribution in [0.5, 0.6) is 11.5 Å². The highest BCUT2D eigenvalue weighted by molar-refractivity contribution is 7.89. The van der Waals surface area contributed by atoms with Gasteiger partial charge in [-0.05, 0) is 49.2 Å². The zero-order chi connectivity index (χ0) is 22.7. The number of rotatable bonds is 7. The summed E-state index contributed by atoms with van der Waals surface area (Å²) < 4.78 is 39.0. The first-order valence-corrected chi connectivity index (χ1v) is 11.5. The number of methoxy groups -OCH3 is 2. The topological polar surface area (TPSA) is 103 Å². The summed E-state index contributed by atoms with van der Waals surface area (Å²) in [5, 5.41) is 2.77. The van der Waals surface area contributed by atoms with Crippen molar-refractivity contribution in [1.29, 1.82) is 0 Å². The van der Waals surface area contributed by atoms with Crippen LogP contribution >= 0.6 is 0 Å². The molecule has 10 heteroatoms. The van der Waals surface area contributed by atoms with E-state index in [0.29, 0.717) is 36.0 Å². The molecule has 0 unspecified atom stereocenters. The monoisotopic (exact) mass is 456 g/mol. The van der Waals surface area contributed by atoms with Crippen LogP contribution in [0.25, 0.3) is 5.69 Å². The van der Waals surface area contributed by atoms with Crippen molar-refractivity contribution >= 4 is 21.6 Å². The highest BCUT2D eigenvalue weighted by atomic mass is 32.2. The van der Waals surface area contributed by atoms with Crippen LogP contribution in [0, 0.1) is 0 Å². The van der Waals surface area contributed by atoms with E-state index >= 15 is 0 Å². The highest BCUT2D eigenvalue weighted by Gasteiger charge is 2.27. The van der Waals surface area contributed by atoms with Gasteiger partial charge in [-0.3, -0.25) is 4.79 Å². The molecule has 0 bridgehead atoms. The van der Waals surface area contributed by atoms with Crippen LogP contribution in [0.3, 0.4) is 0 Å². The van der Waals surface area contributed by atoms with Crippen molar-refractivity contribution in [2.24, 2.45) is 0 Å². The predicted molar refractivity (Wildman–Crippen MR) is 119 cm³/mol. The molecule has 3 aromatic rings. The Kier molecular flexibility index (Phi) is 6.15. The van der Waals surface area contributed by atoms with Crippen LogP contribution in [0.15, 0.2) is 59.9 Å². The molecule has 0 atom stereocenters. The quantitative estimate of drug-likeness (QED) is 0.586. The first-order valence-electron chi connectivity index (χ1n) is 10.1. The number of aromatic nitrogens is 2. The molecule has 1 fully saturated rings. The van der Waals surface area contributed by atoms with Gasteiger partial charge in [-0.15, -0.1) is 0 Å². The van der Waals surface area contributed by atoms with E-state index in [1.54, 1.807) is 53.2 Å². The van der Waals surface area contributed by atoms with Gasteiger partial charge in [0.05, 0.1) is 24.8 Å². The molecule has 4 rings (SSSR count). The lowest BCUT2D eigenvalue weighted by atomic mass is 10.2. The van der Waals surface area contributed by atoms with Crippen molar-refractivity contribution in [1.82, 2.24) is 13.9 Å². The Hall–Kier alpha value is -3.37. The summed E-state index contributed by atoms with van der Waals surface area (Å²) in [5.74, 6) is 0.660. The first-order chi connectivity index (χ1) is 15.4. The van der Waals surface area contributed by atoms with Gasteiger partial charge < -0.3 is 19.4 Å². The van der Waals surface area contributed by atoms with Crippen LogP contribution in [-0.4, -0.2) is 55.5 Å². The summed E-state index contributed by atoms with van der Waals surface area (Å²) >= 11 is 0. The Balaban J connectivity index is 1.51. The Labute approximate surface area is 186 Å². The summed E-state index contributed by atoms with van der Waals surface area (Å²) in [4.78, 5) is 17.1. The van der Waals surface area contributed by atoms with Gasteiger partial charge in [0.1, 0.15) is 23.5 Å². The maximum Gasteiger partial charge on any atom is 0.275 e. The molecular weight excluding hydrogens is 432 g/mol. The Morgan fingerprint density at radius 1 is 1.03 bits per heavy atom. The molecule has 1 N–H and O–H groups in total. The van der Waals surface area contributed by atoms with Crippen molar-refractivity contribution in [2.75, 3.05) is 32.6 Å². The van der Waals surface area contributed by atoms with Crippen molar-refractivity contribution < 1.29 is 22.7 Å². The number of nitrogens with zero attached hydrogens (tertiary/aromatic N) is 3. The van der Waals surface area contributed by atoms with Crippen molar-refractivity contribution in [3.8, 4) is 17.2 Å². The van der Waals surface area contributed by atoms with Gasteiger partial charge in [-0.2, -0.15) is 4.31 Å². The Bertz CT molecular complexity index is 1220. The number of benzene rings is 2. The summed E-state index contributed by atoms with van der Waals surface area (Å²) in [7, 11) is -0.419. The molecule has 1 amide bonds. The van der Waals surface area contributed by atoms with Crippen LogP contribution in [0.1, 0.15) is 23.3 Å². The molecule has 2 heterocycles. The zero-order valence-electron chi connectivity index (χ0n) is 17.8. The molecule has 1 saturated heterocycles. The largest absolute Gasteiger partial charge is 0.497 e. The third-order valence-corrected chi connectivity index (χ3v) is 7.22. The minimum Gasteiger partial charge on any atom is -0.497 e. The molecule has 168 valence electrons. The number of carbonyl (C=O) groups is 1. The van der Waals surface area contributed by atoms with E-state index in [2.05, 4.69) is 10.3 Å². The van der Waals surface area contributed by atoms with Crippen LogP contribution in [0.2, 0.25) is 0 Å². The van der Waals surface area contributed by atoms with Gasteiger partial charge in [0.2, 0.25) is 10.0 Å². The third kappa shape index (κ3) is 4.32. The van der Waals surface area contributed by atoms with E-state index < -0.39 is 15.9 Å². The number of sulfonamides is 1. The molecule has 0 radical (unpaired) electrons. The number of carbonyl (C=O) groups excluding carboxylic acids is 1. The lowest BCUT2D eigenvalue weighted by Gasteiger charge is -2.15. The van der Waals surface area contributed by atoms with Gasteiger partial charge in [-0.25, -0.2) is 13.4 Å². The standard InChI is InChI=1S/C22H24N4O5S/c1-30-17-7-10-21(31-2)19(13-17)24-22(27)20-14-25(15-23-20)16-5-8-18(9-6-16)32(28,29)26-11-3-4-12-26/h5-10,13-15H,3-4,11-12H2,1-2H3,(H,24,27). The van der Waals surface area contributed by atoms with Crippen LogP contribution in [-0.2, 0) is 10.0 Å². The van der Waals surface area contributed by atoms with Gasteiger partial charge >= 0.3 is 0 Å². The highest BCUT2D eigenvalue weighted by Crippen LogP contribution is 2.29. The SMILES string of the molecule is COc1ccc(OC)c(NC(=O)c2cn(-c3ccc(S(=O)(=O)N4CCCC4)cc3)cn2)c1. The van der Waals surface area contributed by atoms with E-state index in [4.69, 9.17) is 9.47 Å². The number of anilines is 1. The first kappa shape index (κ1) is 21.8. The maximum atomic E-state index is 12.7. The number of nitrogens with one attached hydrogen (secondary N) is 1. The third-order valence-electron chi connectivity index (χ3n) is 5.31. The van der Waals surface area contributed by atoms with Gasteiger partial charge in [0.25, 0.3) is 5.91 Å². The van der Waals surface area contributed by atoms with Crippen molar-refractivity contribution in [3.05, 3.63) is 60.7 Å². The second-order valence-electron chi connectivity index (χ2n) is 7.29. The molecule has 0 spiro atoms. The molecule has 1 aliphatic heterocycles. The number of amides is 1. The van der Waals surface area contributed by atoms with E-state index in [1.807, 2.05) is 0 Å². The minimum atomic E-state index is -3.47. The fourth-order valence-electron chi connectivity index (χ4n) is 3.55. The number of hydrogen-bond acceptors (Lipinski definition) is 6. The average Bonchev–Trinajstić information content (AvgIpc) is 3.52. The molecular formula is C22H24N4O5S. The normalized spacial score (nSPS) is 14.3. The van der Waals surface area contributed by atoms with E-state index in [1.165, 1.54) is 24.9 Å². The zero-order valence-corrected chi connectivity index (χ0v) is 18.6. The molecule has 0 aliphatic carbocycles. The number of hydrogen-bond donors (Lipinski definition) is 1. The second-order valence-corrected chi connectivity index (χ2v) is 9.23. The van der Waals surface area contributed by atoms with Crippen molar-refractivity contribution in [3.63, 3.8) is 0 Å². The Morgan fingerprint density at radius 2 is 1.75 bits per heavy atom. The second kappa shape index (κ2) is 9.01. The molecule has 1 aliphatic rings. The maximum absolute atomic E-state index is 12.7. The minimum absolute atomic E-state index is 0.198.